The summed E-state index contributed by atoms with van der Waals surface area (Å²) in [5.74, 6) is 0.303. The number of hydrazone groups is 1. The van der Waals surface area contributed by atoms with Crippen molar-refractivity contribution in [1.82, 2.24) is 5.43 Å². The molecule has 0 aliphatic rings. The van der Waals surface area contributed by atoms with Crippen LogP contribution >= 0.6 is 23.2 Å². The molecule has 3 rings (SSSR count). The Morgan fingerprint density at radius 1 is 0.941 bits per heavy atom. The number of halogens is 2. The van der Waals surface area contributed by atoms with Crippen molar-refractivity contribution in [3.8, 4) is 5.75 Å². The maximum atomic E-state index is 12.4. The first-order chi connectivity index (χ1) is 16.3. The molecule has 0 unspecified atom stereocenters. The summed E-state index contributed by atoms with van der Waals surface area (Å²) in [5.41, 5.74) is 6.02. The Balaban J connectivity index is 1.48. The summed E-state index contributed by atoms with van der Waals surface area (Å²) in [7, 11) is 0. The molecule has 2 amide bonds. The van der Waals surface area contributed by atoms with Crippen molar-refractivity contribution in [2.45, 2.75) is 26.7 Å². The third kappa shape index (κ3) is 7.61. The number of amides is 2. The number of benzene rings is 3. The number of anilines is 1. The minimum Gasteiger partial charge on any atom is -0.493 e. The van der Waals surface area contributed by atoms with E-state index in [0.717, 1.165) is 16.9 Å². The fourth-order valence-electron chi connectivity index (χ4n) is 3.08. The molecule has 34 heavy (non-hydrogen) atoms. The molecule has 8 heteroatoms. The molecule has 0 bridgehead atoms. The first-order valence-corrected chi connectivity index (χ1v) is 11.5. The summed E-state index contributed by atoms with van der Waals surface area (Å²) in [6, 6.07) is 19.3. The van der Waals surface area contributed by atoms with Gasteiger partial charge in [0, 0.05) is 27.7 Å². The fraction of sp³-hybridized carbons (Fsp3) is 0.192. The zero-order valence-electron chi connectivity index (χ0n) is 18.9. The Morgan fingerprint density at radius 2 is 1.68 bits per heavy atom. The number of hydrogen-bond acceptors (Lipinski definition) is 4. The number of ether oxygens (including phenoxy) is 1. The van der Waals surface area contributed by atoms with E-state index < -0.39 is 0 Å². The lowest BCUT2D eigenvalue weighted by molar-refractivity contribution is -0.121. The van der Waals surface area contributed by atoms with Crippen LogP contribution < -0.4 is 15.5 Å². The van der Waals surface area contributed by atoms with Gasteiger partial charge in [0.15, 0.2) is 0 Å². The number of hydrogen-bond donors (Lipinski definition) is 2. The van der Waals surface area contributed by atoms with E-state index in [9.17, 15) is 9.59 Å². The van der Waals surface area contributed by atoms with Gasteiger partial charge in [-0.05, 0) is 86.0 Å². The van der Waals surface area contributed by atoms with Crippen molar-refractivity contribution in [2.24, 2.45) is 5.10 Å². The van der Waals surface area contributed by atoms with Crippen molar-refractivity contribution in [2.75, 3.05) is 11.9 Å². The predicted molar refractivity (Wildman–Crippen MR) is 137 cm³/mol. The van der Waals surface area contributed by atoms with Gasteiger partial charge >= 0.3 is 0 Å². The molecule has 0 fully saturated rings. The number of carbonyl (C=O) groups excluding carboxylic acids is 2. The van der Waals surface area contributed by atoms with Crippen molar-refractivity contribution >= 4 is 46.4 Å². The number of nitrogens with one attached hydrogen (secondary N) is 2. The van der Waals surface area contributed by atoms with E-state index in [1.54, 1.807) is 49.4 Å². The van der Waals surface area contributed by atoms with Gasteiger partial charge in [-0.2, -0.15) is 5.10 Å². The van der Waals surface area contributed by atoms with Crippen molar-refractivity contribution in [1.29, 1.82) is 0 Å². The highest BCUT2D eigenvalue weighted by Gasteiger charge is 2.08. The second kappa shape index (κ2) is 12.2. The molecule has 0 atom stereocenters. The molecular formula is C26H25Cl2N3O3. The third-order valence-electron chi connectivity index (χ3n) is 4.94. The summed E-state index contributed by atoms with van der Waals surface area (Å²) >= 11 is 11.8. The van der Waals surface area contributed by atoms with E-state index in [-0.39, 0.29) is 18.2 Å². The lowest BCUT2D eigenvalue weighted by Crippen LogP contribution is -2.19. The van der Waals surface area contributed by atoms with Crippen LogP contribution in [-0.4, -0.2) is 24.1 Å². The molecule has 0 saturated carbocycles. The Labute approximate surface area is 208 Å². The molecule has 0 radical (unpaired) electrons. The van der Waals surface area contributed by atoms with Gasteiger partial charge in [0.1, 0.15) is 5.75 Å². The van der Waals surface area contributed by atoms with E-state index >= 15 is 0 Å². The van der Waals surface area contributed by atoms with Crippen molar-refractivity contribution in [3.63, 3.8) is 0 Å². The smallest absolute Gasteiger partial charge is 0.255 e. The molecule has 0 spiro atoms. The van der Waals surface area contributed by atoms with Gasteiger partial charge in [-0.3, -0.25) is 9.59 Å². The highest BCUT2D eigenvalue weighted by molar-refractivity contribution is 6.31. The lowest BCUT2D eigenvalue weighted by atomic mass is 10.1. The van der Waals surface area contributed by atoms with Gasteiger partial charge in [0.05, 0.1) is 12.3 Å². The third-order valence-corrected chi connectivity index (χ3v) is 5.42. The van der Waals surface area contributed by atoms with E-state index in [1.165, 1.54) is 0 Å². The van der Waals surface area contributed by atoms with Crippen LogP contribution in [0.25, 0.3) is 0 Å². The molecule has 0 aliphatic heterocycles. The number of aryl methyl sites for hydroxylation is 1. The highest BCUT2D eigenvalue weighted by atomic mass is 35.5. The van der Waals surface area contributed by atoms with Gasteiger partial charge in [0.2, 0.25) is 5.91 Å². The average Bonchev–Trinajstić information content (AvgIpc) is 2.82. The van der Waals surface area contributed by atoms with Crippen LogP contribution in [0.2, 0.25) is 10.0 Å². The van der Waals surface area contributed by atoms with Crippen LogP contribution in [0.1, 0.15) is 41.3 Å². The number of rotatable bonds is 9. The summed E-state index contributed by atoms with van der Waals surface area (Å²) in [4.78, 5) is 24.6. The average molecular weight is 498 g/mol. The fourth-order valence-corrected chi connectivity index (χ4v) is 3.44. The minimum absolute atomic E-state index is 0.206. The minimum atomic E-state index is -0.243. The second-order valence-corrected chi connectivity index (χ2v) is 8.51. The summed E-state index contributed by atoms with van der Waals surface area (Å²) in [6.07, 6.45) is 0.829. The van der Waals surface area contributed by atoms with Gasteiger partial charge in [-0.1, -0.05) is 35.3 Å². The van der Waals surface area contributed by atoms with Crippen molar-refractivity contribution in [3.05, 3.63) is 93.5 Å². The van der Waals surface area contributed by atoms with Crippen LogP contribution in [0.4, 0.5) is 5.69 Å². The van der Waals surface area contributed by atoms with Gasteiger partial charge in [0.25, 0.3) is 5.91 Å². The zero-order valence-corrected chi connectivity index (χ0v) is 20.4. The molecule has 0 saturated heterocycles. The first-order valence-electron chi connectivity index (χ1n) is 10.7. The SMILES string of the molecule is C/C(=N/NC(=O)CCCOc1ccc(Cl)cc1C)c1cccc(NC(=O)c2ccc(Cl)cc2)c1. The normalized spacial score (nSPS) is 11.1. The standard InChI is InChI=1S/C26H25Cl2N3O3/c1-17-15-22(28)12-13-24(17)34-14-4-7-25(32)31-30-18(2)20-5-3-6-23(16-20)29-26(33)19-8-10-21(27)11-9-19/h3,5-6,8-13,15-16H,4,7,14H2,1-2H3,(H,29,33)(H,31,32)/b30-18-. The van der Waals surface area contributed by atoms with Crippen LogP contribution in [0.5, 0.6) is 5.75 Å². The molecule has 3 aromatic carbocycles. The van der Waals surface area contributed by atoms with E-state index in [1.807, 2.05) is 31.2 Å². The molecule has 2 N–H and O–H groups in total. The molecule has 176 valence electrons. The molecule has 3 aromatic rings. The van der Waals surface area contributed by atoms with E-state index in [0.29, 0.717) is 40.0 Å². The predicted octanol–water partition coefficient (Wildman–Crippen LogP) is 6.25. The van der Waals surface area contributed by atoms with Crippen LogP contribution in [-0.2, 0) is 4.79 Å². The quantitative estimate of drug-likeness (QED) is 0.208. The van der Waals surface area contributed by atoms with Crippen LogP contribution in [0, 0.1) is 6.92 Å². The Bertz CT molecular complexity index is 1190. The topological polar surface area (TPSA) is 79.8 Å². The zero-order chi connectivity index (χ0) is 24.5. The van der Waals surface area contributed by atoms with Gasteiger partial charge < -0.3 is 10.1 Å². The van der Waals surface area contributed by atoms with Crippen LogP contribution in [0.3, 0.4) is 0 Å². The van der Waals surface area contributed by atoms with Gasteiger partial charge in [-0.15, -0.1) is 0 Å². The highest BCUT2D eigenvalue weighted by Crippen LogP contribution is 2.22. The Kier molecular flexibility index (Phi) is 9.08. The molecule has 0 aliphatic carbocycles. The maximum Gasteiger partial charge on any atom is 0.255 e. The Hall–Kier alpha value is -3.35. The maximum absolute atomic E-state index is 12.4. The Morgan fingerprint density at radius 3 is 2.41 bits per heavy atom. The number of nitrogens with zero attached hydrogens (tertiary/aromatic N) is 1. The molecule has 0 heterocycles. The monoisotopic (exact) mass is 497 g/mol. The first kappa shape index (κ1) is 25.3. The van der Waals surface area contributed by atoms with Crippen LogP contribution in [0.15, 0.2) is 71.8 Å². The summed E-state index contributed by atoms with van der Waals surface area (Å²) in [6.45, 7) is 4.12. The van der Waals surface area contributed by atoms with E-state index in [2.05, 4.69) is 15.8 Å². The lowest BCUT2D eigenvalue weighted by Gasteiger charge is -2.09. The van der Waals surface area contributed by atoms with Gasteiger partial charge in [-0.25, -0.2) is 5.43 Å². The summed E-state index contributed by atoms with van der Waals surface area (Å²) < 4.78 is 5.70. The molecule has 6 nitrogen and oxygen atoms in total. The van der Waals surface area contributed by atoms with Crippen molar-refractivity contribution < 1.29 is 14.3 Å². The van der Waals surface area contributed by atoms with E-state index in [4.69, 9.17) is 27.9 Å². The molecular weight excluding hydrogens is 473 g/mol. The molecule has 0 aromatic heterocycles. The summed E-state index contributed by atoms with van der Waals surface area (Å²) in [5, 5.41) is 8.25. The largest absolute Gasteiger partial charge is 0.493 e. The second-order valence-electron chi connectivity index (χ2n) is 7.64. The number of carbonyl (C=O) groups is 2.